The van der Waals surface area contributed by atoms with Gasteiger partial charge in [0.25, 0.3) is 0 Å². The van der Waals surface area contributed by atoms with Gasteiger partial charge in [-0.05, 0) is 48.2 Å². The number of pyridine rings is 2. The minimum Gasteiger partial charge on any atom is -0.388 e. The van der Waals surface area contributed by atoms with E-state index in [1.807, 2.05) is 72.8 Å². The van der Waals surface area contributed by atoms with Crippen molar-refractivity contribution >= 4 is 6.03 Å². The molecule has 0 unspecified atom stereocenters. The standard InChI is InChI=1S/C35H32N4O3/c40-33-31(23-27-11-3-1-4-12-27)38(21-9-17-29-15-7-19-36-25-29)35(42)39(22-10-18-30-16-8-20-37-26-30)32(34(33)41)24-28-13-5-2-6-14-28/h1-8,11-16,19-20,25-26,31-34,40-41H,21-24H2/t31-,32-,33+,34+/m1/s1. The third kappa shape index (κ3) is 7.21. The Labute approximate surface area is 246 Å². The van der Waals surface area contributed by atoms with E-state index in [0.717, 1.165) is 22.3 Å². The maximum absolute atomic E-state index is 14.4. The van der Waals surface area contributed by atoms with Crippen molar-refractivity contribution in [2.75, 3.05) is 13.1 Å². The number of aliphatic hydroxyl groups is 2. The third-order valence-electron chi connectivity index (χ3n) is 7.29. The second-order valence-electron chi connectivity index (χ2n) is 10.1. The van der Waals surface area contributed by atoms with Gasteiger partial charge in [-0.1, -0.05) is 84.3 Å². The van der Waals surface area contributed by atoms with Gasteiger partial charge in [0.2, 0.25) is 0 Å². The van der Waals surface area contributed by atoms with Gasteiger partial charge in [0.05, 0.1) is 25.2 Å². The van der Waals surface area contributed by atoms with Crippen LogP contribution in [0.15, 0.2) is 110 Å². The summed E-state index contributed by atoms with van der Waals surface area (Å²) < 4.78 is 0. The summed E-state index contributed by atoms with van der Waals surface area (Å²) in [6.45, 7) is 0.110. The SMILES string of the molecule is O=C1N(CC#Cc2cccnc2)[C@H](Cc2ccccc2)[C@H](O)[C@@H](O)[C@@H](Cc2ccccc2)N1CC#Cc1cccnc1. The fraction of sp³-hybridized carbons (Fsp3) is 0.229. The predicted octanol–water partition coefficient (Wildman–Crippen LogP) is 3.56. The Morgan fingerprint density at radius 1 is 0.619 bits per heavy atom. The smallest absolute Gasteiger partial charge is 0.322 e. The van der Waals surface area contributed by atoms with Crippen LogP contribution in [0.5, 0.6) is 0 Å². The largest absolute Gasteiger partial charge is 0.388 e. The van der Waals surface area contributed by atoms with Gasteiger partial charge in [-0.25, -0.2) is 4.79 Å². The lowest BCUT2D eigenvalue weighted by Gasteiger charge is -2.33. The first-order valence-electron chi connectivity index (χ1n) is 13.9. The first-order chi connectivity index (χ1) is 20.6. The van der Waals surface area contributed by atoms with E-state index in [1.54, 1.807) is 46.7 Å². The molecule has 0 aliphatic carbocycles. The number of aliphatic hydroxyl groups excluding tert-OH is 2. The molecule has 3 heterocycles. The molecule has 0 radical (unpaired) electrons. The van der Waals surface area contributed by atoms with Crippen molar-refractivity contribution in [3.05, 3.63) is 132 Å². The summed E-state index contributed by atoms with van der Waals surface area (Å²) in [5, 5.41) is 23.4. The molecule has 0 saturated carbocycles. The van der Waals surface area contributed by atoms with Crippen LogP contribution in [0, 0.1) is 23.7 Å². The van der Waals surface area contributed by atoms with E-state index in [0.29, 0.717) is 12.8 Å². The highest BCUT2D eigenvalue weighted by atomic mass is 16.3. The van der Waals surface area contributed by atoms with Crippen molar-refractivity contribution in [1.29, 1.82) is 0 Å². The van der Waals surface area contributed by atoms with Crippen LogP contribution in [0.1, 0.15) is 22.3 Å². The summed E-state index contributed by atoms with van der Waals surface area (Å²) in [4.78, 5) is 25.8. The van der Waals surface area contributed by atoms with E-state index in [9.17, 15) is 15.0 Å². The molecule has 2 N–H and O–H groups in total. The number of nitrogens with zero attached hydrogens (tertiary/aromatic N) is 4. The molecule has 2 aromatic heterocycles. The Morgan fingerprint density at radius 2 is 1.05 bits per heavy atom. The molecule has 0 spiro atoms. The summed E-state index contributed by atoms with van der Waals surface area (Å²) in [7, 11) is 0. The molecular weight excluding hydrogens is 524 g/mol. The number of urea groups is 1. The Balaban J connectivity index is 1.53. The fourth-order valence-corrected chi connectivity index (χ4v) is 5.14. The minimum atomic E-state index is -1.22. The molecule has 7 heteroatoms. The molecule has 1 fully saturated rings. The number of carbonyl (C=O) groups excluding carboxylic acids is 1. The molecule has 1 saturated heterocycles. The number of rotatable bonds is 6. The maximum atomic E-state index is 14.4. The topological polar surface area (TPSA) is 89.8 Å². The van der Waals surface area contributed by atoms with Crippen LogP contribution in [-0.4, -0.2) is 73.4 Å². The molecule has 4 aromatic rings. The average molecular weight is 557 g/mol. The summed E-state index contributed by atoms with van der Waals surface area (Å²) in [5.41, 5.74) is 3.33. The van der Waals surface area contributed by atoms with Crippen LogP contribution in [-0.2, 0) is 12.8 Å². The number of hydrogen-bond donors (Lipinski definition) is 2. The van der Waals surface area contributed by atoms with Crippen molar-refractivity contribution in [3.8, 4) is 23.7 Å². The number of hydrogen-bond acceptors (Lipinski definition) is 5. The van der Waals surface area contributed by atoms with E-state index in [1.165, 1.54) is 0 Å². The normalized spacial score (nSPS) is 20.1. The van der Waals surface area contributed by atoms with Gasteiger partial charge in [-0.2, -0.15) is 0 Å². The number of carbonyl (C=O) groups is 1. The van der Waals surface area contributed by atoms with E-state index in [-0.39, 0.29) is 19.1 Å². The number of benzene rings is 2. The van der Waals surface area contributed by atoms with Crippen LogP contribution in [0.3, 0.4) is 0 Å². The maximum Gasteiger partial charge on any atom is 0.322 e. The quantitative estimate of drug-likeness (QED) is 0.355. The fourth-order valence-electron chi connectivity index (χ4n) is 5.14. The number of amides is 2. The highest BCUT2D eigenvalue weighted by Gasteiger charge is 2.45. The summed E-state index contributed by atoms with van der Waals surface area (Å²) in [5.74, 6) is 12.3. The lowest BCUT2D eigenvalue weighted by atomic mass is 9.91. The Hall–Kier alpha value is -4.95. The minimum absolute atomic E-state index is 0.0552. The highest BCUT2D eigenvalue weighted by molar-refractivity contribution is 5.77. The van der Waals surface area contributed by atoms with Gasteiger partial charge in [-0.15, -0.1) is 0 Å². The summed E-state index contributed by atoms with van der Waals surface area (Å²) in [6.07, 6.45) is 4.93. The molecular formula is C35H32N4O3. The molecule has 210 valence electrons. The zero-order valence-electron chi connectivity index (χ0n) is 23.1. The molecule has 0 bridgehead atoms. The van der Waals surface area contributed by atoms with Crippen LogP contribution in [0.25, 0.3) is 0 Å². The second kappa shape index (κ2) is 14.1. The van der Waals surface area contributed by atoms with Crippen LogP contribution in [0.4, 0.5) is 4.79 Å². The lowest BCUT2D eigenvalue weighted by Crippen LogP contribution is -2.51. The predicted molar refractivity (Wildman–Crippen MR) is 161 cm³/mol. The molecule has 42 heavy (non-hydrogen) atoms. The first-order valence-corrected chi connectivity index (χ1v) is 13.9. The molecule has 1 aliphatic heterocycles. The molecule has 4 atom stereocenters. The van der Waals surface area contributed by atoms with Crippen LogP contribution < -0.4 is 0 Å². The first kappa shape index (κ1) is 28.6. The van der Waals surface area contributed by atoms with Gasteiger partial charge in [0.15, 0.2) is 0 Å². The van der Waals surface area contributed by atoms with Crippen LogP contribution >= 0.6 is 0 Å². The Morgan fingerprint density at radius 3 is 1.43 bits per heavy atom. The van der Waals surface area contributed by atoms with Crippen molar-refractivity contribution in [3.63, 3.8) is 0 Å². The molecule has 7 nitrogen and oxygen atoms in total. The van der Waals surface area contributed by atoms with E-state index < -0.39 is 24.3 Å². The molecule has 2 aromatic carbocycles. The molecule has 1 aliphatic rings. The van der Waals surface area contributed by atoms with Gasteiger partial charge < -0.3 is 20.0 Å². The number of aromatic nitrogens is 2. The van der Waals surface area contributed by atoms with Crippen molar-refractivity contribution in [2.45, 2.75) is 37.1 Å². The highest BCUT2D eigenvalue weighted by Crippen LogP contribution is 2.27. The van der Waals surface area contributed by atoms with Gasteiger partial charge in [0, 0.05) is 35.9 Å². The Bertz CT molecular complexity index is 1440. The lowest BCUT2D eigenvalue weighted by molar-refractivity contribution is -0.0374. The van der Waals surface area contributed by atoms with Crippen molar-refractivity contribution < 1.29 is 15.0 Å². The van der Waals surface area contributed by atoms with E-state index >= 15 is 0 Å². The van der Waals surface area contributed by atoms with Crippen molar-refractivity contribution in [1.82, 2.24) is 19.8 Å². The van der Waals surface area contributed by atoms with Gasteiger partial charge in [-0.3, -0.25) is 9.97 Å². The summed E-state index contributed by atoms with van der Waals surface area (Å²) >= 11 is 0. The zero-order valence-corrected chi connectivity index (χ0v) is 23.1. The van der Waals surface area contributed by atoms with Gasteiger partial charge in [0.1, 0.15) is 12.2 Å². The Kier molecular flexibility index (Phi) is 9.59. The van der Waals surface area contributed by atoms with E-state index in [4.69, 9.17) is 0 Å². The second-order valence-corrected chi connectivity index (χ2v) is 10.1. The van der Waals surface area contributed by atoms with Crippen LogP contribution in [0.2, 0.25) is 0 Å². The van der Waals surface area contributed by atoms with Gasteiger partial charge >= 0.3 is 6.03 Å². The monoisotopic (exact) mass is 556 g/mol. The average Bonchev–Trinajstić information content (AvgIpc) is 3.10. The van der Waals surface area contributed by atoms with E-state index in [2.05, 4.69) is 33.6 Å². The summed E-state index contributed by atoms with van der Waals surface area (Å²) in [6, 6.07) is 24.8. The zero-order chi connectivity index (χ0) is 29.1. The van der Waals surface area contributed by atoms with Crippen molar-refractivity contribution in [2.24, 2.45) is 0 Å². The third-order valence-corrected chi connectivity index (χ3v) is 7.29. The molecule has 5 rings (SSSR count). The molecule has 2 amide bonds.